The van der Waals surface area contributed by atoms with Gasteiger partial charge < -0.3 is 4.98 Å². The number of carbonyl (C=O) groups is 2. The highest BCUT2D eigenvalue weighted by Gasteiger charge is 2.16. The number of urea groups is 1. The summed E-state index contributed by atoms with van der Waals surface area (Å²) in [6.07, 6.45) is 1.86. The van der Waals surface area contributed by atoms with Gasteiger partial charge in [0.25, 0.3) is 0 Å². The number of aromatic amines is 1. The standard InChI is InChI=1S/C8H12N4O2/c1-3-12(8(14)11-5-13)7-6(2)9-4-10-7/h4-5H,3H2,1-2H3,(H,9,10)(H,11,13,14). The van der Waals surface area contributed by atoms with E-state index in [2.05, 4.69) is 15.3 Å². The molecular formula is C8H12N4O2. The fourth-order valence-corrected chi connectivity index (χ4v) is 1.14. The molecule has 0 saturated heterocycles. The van der Waals surface area contributed by atoms with Gasteiger partial charge in [-0.15, -0.1) is 0 Å². The van der Waals surface area contributed by atoms with E-state index in [0.717, 1.165) is 5.69 Å². The molecule has 0 spiro atoms. The van der Waals surface area contributed by atoms with E-state index in [1.54, 1.807) is 13.8 Å². The Hall–Kier alpha value is -1.85. The van der Waals surface area contributed by atoms with Crippen LogP contribution < -0.4 is 10.2 Å². The zero-order valence-corrected chi connectivity index (χ0v) is 8.07. The number of amides is 3. The third-order valence-electron chi connectivity index (χ3n) is 1.80. The molecule has 0 saturated carbocycles. The number of imidazole rings is 1. The van der Waals surface area contributed by atoms with Crippen LogP contribution in [-0.2, 0) is 4.79 Å². The Morgan fingerprint density at radius 2 is 2.50 bits per heavy atom. The van der Waals surface area contributed by atoms with Crippen molar-refractivity contribution in [2.75, 3.05) is 11.4 Å². The van der Waals surface area contributed by atoms with E-state index in [4.69, 9.17) is 0 Å². The molecule has 0 unspecified atom stereocenters. The number of rotatable bonds is 3. The van der Waals surface area contributed by atoms with Crippen LogP contribution in [0.25, 0.3) is 0 Å². The molecule has 0 atom stereocenters. The zero-order chi connectivity index (χ0) is 10.6. The van der Waals surface area contributed by atoms with Crippen LogP contribution in [0.4, 0.5) is 10.6 Å². The van der Waals surface area contributed by atoms with Crippen LogP contribution in [-0.4, -0.2) is 29.0 Å². The molecule has 1 rings (SSSR count). The maximum Gasteiger partial charge on any atom is 0.329 e. The average Bonchev–Trinajstić information content (AvgIpc) is 2.54. The van der Waals surface area contributed by atoms with Crippen molar-refractivity contribution in [3.05, 3.63) is 12.0 Å². The Morgan fingerprint density at radius 1 is 1.79 bits per heavy atom. The lowest BCUT2D eigenvalue weighted by atomic mass is 10.4. The largest absolute Gasteiger partial charge is 0.347 e. The molecule has 0 aromatic carbocycles. The lowest BCUT2D eigenvalue weighted by Gasteiger charge is -2.17. The number of anilines is 1. The predicted molar refractivity (Wildman–Crippen MR) is 50.9 cm³/mol. The Kier molecular flexibility index (Phi) is 3.22. The molecule has 0 radical (unpaired) electrons. The lowest BCUT2D eigenvalue weighted by molar-refractivity contribution is -0.108. The Labute approximate surface area is 81.3 Å². The number of nitrogens with zero attached hydrogens (tertiary/aromatic N) is 2. The molecule has 1 aromatic rings. The molecule has 76 valence electrons. The molecule has 2 N–H and O–H groups in total. The third-order valence-corrected chi connectivity index (χ3v) is 1.80. The zero-order valence-electron chi connectivity index (χ0n) is 8.07. The topological polar surface area (TPSA) is 78.1 Å². The van der Waals surface area contributed by atoms with Crippen molar-refractivity contribution < 1.29 is 9.59 Å². The Bertz CT molecular complexity index is 334. The molecule has 0 aliphatic rings. The highest BCUT2D eigenvalue weighted by Crippen LogP contribution is 2.13. The van der Waals surface area contributed by atoms with Crippen molar-refractivity contribution >= 4 is 18.3 Å². The minimum Gasteiger partial charge on any atom is -0.347 e. The summed E-state index contributed by atoms with van der Waals surface area (Å²) in [5.74, 6) is 0.534. The predicted octanol–water partition coefficient (Wildman–Crippen LogP) is 0.410. The van der Waals surface area contributed by atoms with Crippen LogP contribution in [0.1, 0.15) is 12.6 Å². The number of H-pyrrole nitrogens is 1. The van der Waals surface area contributed by atoms with Crippen LogP contribution in [0, 0.1) is 6.92 Å². The number of imide groups is 1. The molecule has 6 heteroatoms. The number of aryl methyl sites for hydroxylation is 1. The molecule has 0 aliphatic carbocycles. The highest BCUT2D eigenvalue weighted by atomic mass is 16.2. The smallest absolute Gasteiger partial charge is 0.329 e. The summed E-state index contributed by atoms with van der Waals surface area (Å²) in [5, 5.41) is 2.06. The molecule has 6 nitrogen and oxygen atoms in total. The maximum absolute atomic E-state index is 11.4. The molecule has 0 bridgehead atoms. The van der Waals surface area contributed by atoms with Gasteiger partial charge in [0.2, 0.25) is 6.41 Å². The van der Waals surface area contributed by atoms with Crippen molar-refractivity contribution in [2.45, 2.75) is 13.8 Å². The van der Waals surface area contributed by atoms with Crippen LogP contribution in [0.15, 0.2) is 6.33 Å². The molecule has 1 aromatic heterocycles. The number of nitrogens with one attached hydrogen (secondary N) is 2. The van der Waals surface area contributed by atoms with Gasteiger partial charge in [-0.3, -0.25) is 15.0 Å². The van der Waals surface area contributed by atoms with Gasteiger partial charge >= 0.3 is 6.03 Å². The summed E-state index contributed by atoms with van der Waals surface area (Å²) in [6.45, 7) is 4.06. The SMILES string of the molecule is CCN(C(=O)NC=O)c1nc[nH]c1C. The summed E-state index contributed by atoms with van der Waals surface area (Å²) >= 11 is 0. The molecule has 0 aliphatic heterocycles. The minimum absolute atomic E-state index is 0.354. The quantitative estimate of drug-likeness (QED) is 0.687. The summed E-state index contributed by atoms with van der Waals surface area (Å²) in [6, 6.07) is -0.474. The maximum atomic E-state index is 11.4. The minimum atomic E-state index is -0.474. The van der Waals surface area contributed by atoms with Crippen molar-refractivity contribution in [1.29, 1.82) is 0 Å². The molecular weight excluding hydrogens is 184 g/mol. The van der Waals surface area contributed by atoms with Crippen LogP contribution in [0.5, 0.6) is 0 Å². The van der Waals surface area contributed by atoms with Gasteiger partial charge in [-0.05, 0) is 13.8 Å². The van der Waals surface area contributed by atoms with Gasteiger partial charge in [0, 0.05) is 6.54 Å². The van der Waals surface area contributed by atoms with Gasteiger partial charge in [-0.25, -0.2) is 9.78 Å². The number of carbonyl (C=O) groups excluding carboxylic acids is 2. The van der Waals surface area contributed by atoms with Gasteiger partial charge in [0.05, 0.1) is 12.0 Å². The van der Waals surface area contributed by atoms with Gasteiger partial charge in [-0.2, -0.15) is 0 Å². The fraction of sp³-hybridized carbons (Fsp3) is 0.375. The summed E-state index contributed by atoms with van der Waals surface area (Å²) < 4.78 is 0. The van der Waals surface area contributed by atoms with Gasteiger partial charge in [0.15, 0.2) is 5.82 Å². The van der Waals surface area contributed by atoms with Crippen molar-refractivity contribution in [2.24, 2.45) is 0 Å². The Balaban J connectivity index is 2.87. The first kappa shape index (κ1) is 10.2. The van der Waals surface area contributed by atoms with E-state index in [1.807, 2.05) is 0 Å². The summed E-state index contributed by atoms with van der Waals surface area (Å²) in [7, 11) is 0. The normalized spacial score (nSPS) is 9.57. The van der Waals surface area contributed by atoms with Crippen LogP contribution >= 0.6 is 0 Å². The molecule has 3 amide bonds. The van der Waals surface area contributed by atoms with E-state index < -0.39 is 6.03 Å². The molecule has 14 heavy (non-hydrogen) atoms. The first-order chi connectivity index (χ1) is 6.70. The monoisotopic (exact) mass is 196 g/mol. The second-order valence-electron chi connectivity index (χ2n) is 2.66. The average molecular weight is 196 g/mol. The molecule has 0 fully saturated rings. The van der Waals surface area contributed by atoms with E-state index in [-0.39, 0.29) is 0 Å². The second-order valence-corrected chi connectivity index (χ2v) is 2.66. The van der Waals surface area contributed by atoms with Gasteiger partial charge in [-0.1, -0.05) is 0 Å². The second kappa shape index (κ2) is 4.40. The number of hydrogen-bond acceptors (Lipinski definition) is 3. The number of hydrogen-bond donors (Lipinski definition) is 2. The van der Waals surface area contributed by atoms with Crippen molar-refractivity contribution in [1.82, 2.24) is 15.3 Å². The fourth-order valence-electron chi connectivity index (χ4n) is 1.14. The van der Waals surface area contributed by atoms with Crippen LogP contribution in [0.3, 0.4) is 0 Å². The van der Waals surface area contributed by atoms with Crippen molar-refractivity contribution in [3.8, 4) is 0 Å². The van der Waals surface area contributed by atoms with E-state index in [9.17, 15) is 9.59 Å². The number of aromatic nitrogens is 2. The molecule has 1 heterocycles. The first-order valence-corrected chi connectivity index (χ1v) is 4.22. The van der Waals surface area contributed by atoms with Crippen molar-refractivity contribution in [3.63, 3.8) is 0 Å². The summed E-state index contributed by atoms with van der Waals surface area (Å²) in [4.78, 5) is 29.7. The summed E-state index contributed by atoms with van der Waals surface area (Å²) in [5.41, 5.74) is 0.785. The lowest BCUT2D eigenvalue weighted by Crippen LogP contribution is -2.39. The first-order valence-electron chi connectivity index (χ1n) is 4.22. The van der Waals surface area contributed by atoms with Crippen LogP contribution in [0.2, 0.25) is 0 Å². The highest BCUT2D eigenvalue weighted by molar-refractivity contribution is 5.96. The van der Waals surface area contributed by atoms with E-state index >= 15 is 0 Å². The van der Waals surface area contributed by atoms with Gasteiger partial charge in [0.1, 0.15) is 0 Å². The van der Waals surface area contributed by atoms with E-state index in [0.29, 0.717) is 18.8 Å². The van der Waals surface area contributed by atoms with E-state index in [1.165, 1.54) is 11.2 Å². The third kappa shape index (κ3) is 1.90. The Morgan fingerprint density at radius 3 is 2.93 bits per heavy atom.